The Morgan fingerprint density at radius 2 is 1.29 bits per heavy atom. The molecule has 0 aromatic heterocycles. The standard InChI is InChI=1S/C12H28N2/c1-9(2)12(7,8)14-13-10(3)11(4,5)6/h9-10,13-14H,1-8H3. The number of nitrogens with one attached hydrogen (secondary N) is 2. The lowest BCUT2D eigenvalue weighted by Crippen LogP contribution is -2.56. The number of hydrogen-bond acceptors (Lipinski definition) is 2. The molecule has 1 unspecified atom stereocenters. The van der Waals surface area contributed by atoms with Crippen LogP contribution in [0, 0.1) is 11.3 Å². The Kier molecular flexibility index (Phi) is 4.60. The highest BCUT2D eigenvalue weighted by molar-refractivity contribution is 4.82. The molecule has 14 heavy (non-hydrogen) atoms. The summed E-state index contributed by atoms with van der Waals surface area (Å²) in [7, 11) is 0. The second-order valence-electron chi connectivity index (χ2n) is 6.23. The number of rotatable bonds is 4. The van der Waals surface area contributed by atoms with Gasteiger partial charge in [0.15, 0.2) is 0 Å². The lowest BCUT2D eigenvalue weighted by molar-refractivity contribution is 0.186. The van der Waals surface area contributed by atoms with Gasteiger partial charge in [-0.3, -0.25) is 10.9 Å². The van der Waals surface area contributed by atoms with E-state index in [1.54, 1.807) is 0 Å². The Hall–Kier alpha value is -0.0800. The largest absolute Gasteiger partial charge is 0.254 e. The third kappa shape index (κ3) is 4.43. The van der Waals surface area contributed by atoms with Crippen LogP contribution in [0.5, 0.6) is 0 Å². The van der Waals surface area contributed by atoms with Gasteiger partial charge in [0.25, 0.3) is 0 Å². The zero-order chi connectivity index (χ0) is 11.6. The summed E-state index contributed by atoms with van der Waals surface area (Å²) < 4.78 is 0. The molecular weight excluding hydrogens is 172 g/mol. The summed E-state index contributed by atoms with van der Waals surface area (Å²) in [4.78, 5) is 0. The van der Waals surface area contributed by atoms with Crippen LogP contribution in [-0.2, 0) is 0 Å². The van der Waals surface area contributed by atoms with Crippen molar-refractivity contribution >= 4 is 0 Å². The van der Waals surface area contributed by atoms with Gasteiger partial charge < -0.3 is 0 Å². The molecule has 2 N–H and O–H groups in total. The first-order valence-electron chi connectivity index (χ1n) is 5.60. The van der Waals surface area contributed by atoms with E-state index < -0.39 is 0 Å². The molecule has 0 saturated heterocycles. The third-order valence-corrected chi connectivity index (χ3v) is 3.35. The molecule has 0 aliphatic rings. The zero-order valence-electron chi connectivity index (χ0n) is 11.2. The molecule has 0 rings (SSSR count). The van der Waals surface area contributed by atoms with Gasteiger partial charge in [-0.25, -0.2) is 0 Å². The van der Waals surface area contributed by atoms with E-state index in [2.05, 4.69) is 66.2 Å². The van der Waals surface area contributed by atoms with Gasteiger partial charge in [0.05, 0.1) is 0 Å². The second-order valence-corrected chi connectivity index (χ2v) is 6.23. The van der Waals surface area contributed by atoms with E-state index in [9.17, 15) is 0 Å². The van der Waals surface area contributed by atoms with Crippen molar-refractivity contribution in [2.45, 2.75) is 67.0 Å². The van der Waals surface area contributed by atoms with Gasteiger partial charge in [0.1, 0.15) is 0 Å². The lowest BCUT2D eigenvalue weighted by Gasteiger charge is -2.36. The smallest absolute Gasteiger partial charge is 0.0290 e. The highest BCUT2D eigenvalue weighted by Crippen LogP contribution is 2.19. The molecule has 0 bridgehead atoms. The Labute approximate surface area is 89.8 Å². The van der Waals surface area contributed by atoms with Gasteiger partial charge in [0.2, 0.25) is 0 Å². The van der Waals surface area contributed by atoms with Gasteiger partial charge in [-0.1, -0.05) is 34.6 Å². The van der Waals surface area contributed by atoms with Crippen molar-refractivity contribution in [1.82, 2.24) is 10.9 Å². The molecule has 0 aliphatic heterocycles. The van der Waals surface area contributed by atoms with Crippen LogP contribution >= 0.6 is 0 Å². The van der Waals surface area contributed by atoms with E-state index in [0.29, 0.717) is 17.4 Å². The van der Waals surface area contributed by atoms with Gasteiger partial charge in [0, 0.05) is 11.6 Å². The lowest BCUT2D eigenvalue weighted by atomic mass is 9.88. The highest BCUT2D eigenvalue weighted by Gasteiger charge is 2.25. The molecule has 0 aliphatic carbocycles. The van der Waals surface area contributed by atoms with E-state index >= 15 is 0 Å². The van der Waals surface area contributed by atoms with Gasteiger partial charge in [-0.05, 0) is 32.1 Å². The van der Waals surface area contributed by atoms with Gasteiger partial charge in [-0.15, -0.1) is 0 Å². The maximum atomic E-state index is 3.41. The van der Waals surface area contributed by atoms with Crippen LogP contribution in [0.15, 0.2) is 0 Å². The molecule has 2 nitrogen and oxygen atoms in total. The Morgan fingerprint density at radius 3 is 1.57 bits per heavy atom. The molecule has 1 atom stereocenters. The maximum Gasteiger partial charge on any atom is 0.0290 e. The first kappa shape index (κ1) is 13.9. The van der Waals surface area contributed by atoms with Crippen molar-refractivity contribution in [3.8, 4) is 0 Å². The van der Waals surface area contributed by atoms with E-state index in [1.807, 2.05) is 0 Å². The summed E-state index contributed by atoms with van der Waals surface area (Å²) >= 11 is 0. The predicted octanol–water partition coefficient (Wildman–Crippen LogP) is 2.95. The minimum Gasteiger partial charge on any atom is -0.254 e. The molecule has 86 valence electrons. The number of hydrogen-bond donors (Lipinski definition) is 2. The molecule has 0 aromatic carbocycles. The van der Waals surface area contributed by atoms with Crippen LogP contribution in [0.2, 0.25) is 0 Å². The van der Waals surface area contributed by atoms with Crippen LogP contribution < -0.4 is 10.9 Å². The first-order chi connectivity index (χ1) is 6.07. The topological polar surface area (TPSA) is 24.1 Å². The minimum atomic E-state index is 0.138. The molecular formula is C12H28N2. The third-order valence-electron chi connectivity index (χ3n) is 3.35. The highest BCUT2D eigenvalue weighted by atomic mass is 15.4. The Balaban J connectivity index is 4.07. The van der Waals surface area contributed by atoms with Crippen molar-refractivity contribution < 1.29 is 0 Å². The summed E-state index contributed by atoms with van der Waals surface area (Å²) in [6, 6.07) is 0.459. The Bertz CT molecular complexity index is 166. The fraction of sp³-hybridized carbons (Fsp3) is 1.00. The summed E-state index contributed by atoms with van der Waals surface area (Å²) in [5.74, 6) is 0.613. The minimum absolute atomic E-state index is 0.138. The summed E-state index contributed by atoms with van der Waals surface area (Å²) in [5, 5.41) is 0. The van der Waals surface area contributed by atoms with Gasteiger partial charge >= 0.3 is 0 Å². The zero-order valence-corrected chi connectivity index (χ0v) is 11.2. The van der Waals surface area contributed by atoms with Crippen LogP contribution in [0.4, 0.5) is 0 Å². The molecule has 0 amide bonds. The van der Waals surface area contributed by atoms with Crippen molar-refractivity contribution in [3.63, 3.8) is 0 Å². The monoisotopic (exact) mass is 200 g/mol. The van der Waals surface area contributed by atoms with Crippen LogP contribution in [-0.4, -0.2) is 11.6 Å². The molecule has 0 fully saturated rings. The average molecular weight is 200 g/mol. The molecule has 0 spiro atoms. The quantitative estimate of drug-likeness (QED) is 0.682. The van der Waals surface area contributed by atoms with Crippen molar-refractivity contribution in [2.75, 3.05) is 0 Å². The summed E-state index contributed by atoms with van der Waals surface area (Å²) in [6.45, 7) is 17.9. The SMILES string of the molecule is CC(NNC(C)(C)C(C)C)C(C)(C)C. The predicted molar refractivity (Wildman–Crippen MR) is 64.1 cm³/mol. The summed E-state index contributed by atoms with van der Waals surface area (Å²) in [5.41, 5.74) is 7.24. The molecule has 0 aromatic rings. The van der Waals surface area contributed by atoms with Crippen molar-refractivity contribution in [2.24, 2.45) is 11.3 Å². The Morgan fingerprint density at radius 1 is 0.857 bits per heavy atom. The van der Waals surface area contributed by atoms with Crippen LogP contribution in [0.1, 0.15) is 55.4 Å². The molecule has 0 radical (unpaired) electrons. The van der Waals surface area contributed by atoms with Crippen LogP contribution in [0.25, 0.3) is 0 Å². The second kappa shape index (κ2) is 4.63. The fourth-order valence-electron chi connectivity index (χ4n) is 0.655. The van der Waals surface area contributed by atoms with E-state index in [4.69, 9.17) is 0 Å². The van der Waals surface area contributed by atoms with Crippen molar-refractivity contribution in [3.05, 3.63) is 0 Å². The van der Waals surface area contributed by atoms with Gasteiger partial charge in [-0.2, -0.15) is 0 Å². The first-order valence-corrected chi connectivity index (χ1v) is 5.60. The molecule has 0 heterocycles. The van der Waals surface area contributed by atoms with E-state index in [0.717, 1.165) is 0 Å². The molecule has 0 saturated carbocycles. The van der Waals surface area contributed by atoms with Crippen molar-refractivity contribution in [1.29, 1.82) is 0 Å². The van der Waals surface area contributed by atoms with Crippen LogP contribution in [0.3, 0.4) is 0 Å². The summed E-state index contributed by atoms with van der Waals surface area (Å²) in [6.07, 6.45) is 0. The normalized spacial score (nSPS) is 16.1. The fourth-order valence-corrected chi connectivity index (χ4v) is 0.655. The average Bonchev–Trinajstić information content (AvgIpc) is 1.98. The number of hydrazine groups is 1. The molecule has 2 heteroatoms. The van der Waals surface area contributed by atoms with E-state index in [-0.39, 0.29) is 5.54 Å². The maximum absolute atomic E-state index is 3.41. The van der Waals surface area contributed by atoms with E-state index in [1.165, 1.54) is 0 Å².